The maximum Gasteiger partial charge on any atom is 0.389 e. The summed E-state index contributed by atoms with van der Waals surface area (Å²) >= 11 is 0. The number of esters is 2. The number of aliphatic hydroxyl groups is 2. The van der Waals surface area contributed by atoms with Gasteiger partial charge in [-0.2, -0.15) is 13.2 Å². The lowest BCUT2D eigenvalue weighted by atomic mass is 9.91. The van der Waals surface area contributed by atoms with Crippen molar-refractivity contribution < 1.29 is 42.4 Å². The van der Waals surface area contributed by atoms with Crippen LogP contribution in [0.1, 0.15) is 55.4 Å². The molecular formula is C37H43F3O6. The summed E-state index contributed by atoms with van der Waals surface area (Å²) in [5.41, 5.74) is 8.07. The largest absolute Gasteiger partial charge is 0.465 e. The molecule has 1 atom stereocenters. The van der Waals surface area contributed by atoms with Crippen LogP contribution in [0.15, 0.2) is 72.8 Å². The van der Waals surface area contributed by atoms with Crippen LogP contribution in [-0.2, 0) is 44.7 Å². The van der Waals surface area contributed by atoms with Gasteiger partial charge in [-0.3, -0.25) is 4.79 Å². The Hall–Kier alpha value is -3.95. The molecule has 0 aliphatic heterocycles. The lowest BCUT2D eigenvalue weighted by Gasteiger charge is -2.16. The topological polar surface area (TPSA) is 93.1 Å². The third kappa shape index (κ3) is 11.1. The van der Waals surface area contributed by atoms with E-state index < -0.39 is 37.1 Å². The normalized spacial score (nSPS) is 12.1. The molecule has 9 heteroatoms. The van der Waals surface area contributed by atoms with Crippen molar-refractivity contribution in [3.63, 3.8) is 0 Å². The van der Waals surface area contributed by atoms with Crippen LogP contribution in [0.25, 0.3) is 22.3 Å². The second kappa shape index (κ2) is 17.7. The van der Waals surface area contributed by atoms with E-state index in [0.717, 1.165) is 50.9 Å². The highest BCUT2D eigenvalue weighted by Crippen LogP contribution is 2.31. The summed E-state index contributed by atoms with van der Waals surface area (Å²) in [6.45, 7) is 6.60. The third-order valence-corrected chi connectivity index (χ3v) is 7.84. The minimum Gasteiger partial charge on any atom is -0.465 e. The van der Waals surface area contributed by atoms with Crippen molar-refractivity contribution in [1.82, 2.24) is 0 Å². The van der Waals surface area contributed by atoms with Gasteiger partial charge in [0.25, 0.3) is 0 Å². The number of ether oxygens (including phenoxy) is 2. The highest BCUT2D eigenvalue weighted by Gasteiger charge is 2.25. The van der Waals surface area contributed by atoms with Crippen LogP contribution in [0.4, 0.5) is 13.2 Å². The number of unbranched alkanes of at least 4 members (excludes halogenated alkanes) is 1. The average molecular weight is 641 g/mol. The van der Waals surface area contributed by atoms with Crippen molar-refractivity contribution >= 4 is 11.9 Å². The summed E-state index contributed by atoms with van der Waals surface area (Å²) in [6.07, 6.45) is -2.02. The summed E-state index contributed by atoms with van der Waals surface area (Å²) in [6, 6.07) is 20.2. The van der Waals surface area contributed by atoms with Gasteiger partial charge >= 0.3 is 18.1 Å². The fourth-order valence-electron chi connectivity index (χ4n) is 5.03. The molecule has 1 unspecified atom stereocenters. The molecule has 46 heavy (non-hydrogen) atoms. The number of hydrogen-bond donors (Lipinski definition) is 2. The van der Waals surface area contributed by atoms with E-state index in [1.807, 2.05) is 48.5 Å². The van der Waals surface area contributed by atoms with E-state index in [9.17, 15) is 27.9 Å². The van der Waals surface area contributed by atoms with Crippen LogP contribution >= 0.6 is 0 Å². The number of aryl methyl sites for hydroxylation is 2. The molecule has 0 aliphatic rings. The number of benzene rings is 3. The zero-order valence-corrected chi connectivity index (χ0v) is 26.5. The molecule has 6 nitrogen and oxygen atoms in total. The minimum atomic E-state index is -4.11. The predicted molar refractivity (Wildman–Crippen MR) is 172 cm³/mol. The summed E-state index contributed by atoms with van der Waals surface area (Å²) in [5, 5.41) is 18.3. The Kier molecular flexibility index (Phi) is 14.0. The number of carbonyl (C=O) groups is 2. The molecular weight excluding hydrogens is 597 g/mol. The van der Waals surface area contributed by atoms with Gasteiger partial charge in [0, 0.05) is 19.3 Å². The molecule has 3 aromatic rings. The van der Waals surface area contributed by atoms with Gasteiger partial charge in [-0.1, -0.05) is 74.2 Å². The Morgan fingerprint density at radius 3 is 2.04 bits per heavy atom. The number of carbonyl (C=O) groups excluding carboxylic acids is 2. The Balaban J connectivity index is 1.79. The van der Waals surface area contributed by atoms with E-state index in [0.29, 0.717) is 25.7 Å². The van der Waals surface area contributed by atoms with Gasteiger partial charge in [0.05, 0.1) is 37.9 Å². The maximum atomic E-state index is 12.4. The van der Waals surface area contributed by atoms with Gasteiger partial charge in [-0.25, -0.2) is 4.79 Å². The summed E-state index contributed by atoms with van der Waals surface area (Å²) < 4.78 is 47.9. The van der Waals surface area contributed by atoms with E-state index in [1.165, 1.54) is 0 Å². The first-order chi connectivity index (χ1) is 21.9. The van der Waals surface area contributed by atoms with E-state index >= 15 is 0 Å². The van der Waals surface area contributed by atoms with Gasteiger partial charge < -0.3 is 19.7 Å². The van der Waals surface area contributed by atoms with Gasteiger partial charge in [-0.15, -0.1) is 0 Å². The highest BCUT2D eigenvalue weighted by molar-refractivity contribution is 5.87. The van der Waals surface area contributed by atoms with E-state index in [-0.39, 0.29) is 31.8 Å². The molecule has 2 N–H and O–H groups in total. The minimum absolute atomic E-state index is 0.0218. The van der Waals surface area contributed by atoms with E-state index in [1.54, 1.807) is 6.92 Å². The first-order valence-corrected chi connectivity index (χ1v) is 15.6. The molecule has 0 fully saturated rings. The second-order valence-corrected chi connectivity index (χ2v) is 11.4. The van der Waals surface area contributed by atoms with Crippen molar-refractivity contribution in [2.24, 2.45) is 5.92 Å². The van der Waals surface area contributed by atoms with Crippen LogP contribution < -0.4 is 0 Å². The molecule has 0 radical (unpaired) electrons. The van der Waals surface area contributed by atoms with E-state index in [4.69, 9.17) is 14.6 Å². The first kappa shape index (κ1) is 36.5. The monoisotopic (exact) mass is 640 g/mol. The molecule has 248 valence electrons. The molecule has 3 rings (SSSR count). The van der Waals surface area contributed by atoms with Crippen molar-refractivity contribution in [1.29, 1.82) is 0 Å². The second-order valence-electron chi connectivity index (χ2n) is 11.4. The quantitative estimate of drug-likeness (QED) is 0.0921. The van der Waals surface area contributed by atoms with Crippen LogP contribution in [0, 0.1) is 5.92 Å². The van der Waals surface area contributed by atoms with Crippen LogP contribution in [-0.4, -0.2) is 54.8 Å². The molecule has 3 aromatic carbocycles. The molecule has 0 aromatic heterocycles. The Bertz CT molecular complexity index is 1460. The lowest BCUT2D eigenvalue weighted by Crippen LogP contribution is -2.19. The third-order valence-electron chi connectivity index (χ3n) is 7.84. The number of alkyl halides is 3. The Labute approximate surface area is 268 Å². The number of rotatable bonds is 17. The molecule has 0 saturated heterocycles. The first-order valence-electron chi connectivity index (χ1n) is 15.6. The number of halogens is 3. The van der Waals surface area contributed by atoms with Crippen molar-refractivity contribution in [3.8, 4) is 22.3 Å². The van der Waals surface area contributed by atoms with Gasteiger partial charge in [-0.05, 0) is 77.1 Å². The van der Waals surface area contributed by atoms with Gasteiger partial charge in [0.2, 0.25) is 0 Å². The highest BCUT2D eigenvalue weighted by atomic mass is 19.4. The van der Waals surface area contributed by atoms with Crippen LogP contribution in [0.5, 0.6) is 0 Å². The Morgan fingerprint density at radius 2 is 1.41 bits per heavy atom. The molecule has 0 bridgehead atoms. The molecule has 0 heterocycles. The number of aliphatic hydroxyl groups excluding tert-OH is 2. The molecule has 0 saturated carbocycles. The lowest BCUT2D eigenvalue weighted by molar-refractivity contribution is -0.149. The molecule has 0 amide bonds. The fraction of sp³-hybridized carbons (Fsp3) is 0.405. The number of hydrogen-bond acceptors (Lipinski definition) is 6. The van der Waals surface area contributed by atoms with Gasteiger partial charge in [0.15, 0.2) is 0 Å². The zero-order chi connectivity index (χ0) is 33.7. The maximum absolute atomic E-state index is 12.4. The smallest absolute Gasteiger partial charge is 0.389 e. The standard InChI is InChI=1S/C37H43F3O6/c1-4-28-21-32(14-15-34(28)30-10-8-27(9-11-30)7-5-6-18-37(38,39)40)31-13-12-29(16-19-45-35(43)25(2)23-41)33(22-31)17-20-46-36(44)26(3)24-42/h8-15,21-22,26,41-42H,2,4-7,16-20,23-24H2,1,3H3. The van der Waals surface area contributed by atoms with Crippen LogP contribution in [0.2, 0.25) is 0 Å². The van der Waals surface area contributed by atoms with Crippen molar-refractivity contribution in [2.45, 2.75) is 65.0 Å². The molecule has 0 aliphatic carbocycles. The van der Waals surface area contributed by atoms with Crippen molar-refractivity contribution in [2.75, 3.05) is 26.4 Å². The molecule has 0 spiro atoms. The van der Waals surface area contributed by atoms with Crippen LogP contribution in [0.3, 0.4) is 0 Å². The fourth-order valence-corrected chi connectivity index (χ4v) is 5.03. The summed E-state index contributed by atoms with van der Waals surface area (Å²) in [5.74, 6) is -1.75. The zero-order valence-electron chi connectivity index (χ0n) is 26.5. The Morgan fingerprint density at radius 1 is 0.804 bits per heavy atom. The average Bonchev–Trinajstić information content (AvgIpc) is 3.05. The predicted octanol–water partition coefficient (Wildman–Crippen LogP) is 7.21. The van der Waals surface area contributed by atoms with E-state index in [2.05, 4.69) is 25.6 Å². The van der Waals surface area contributed by atoms with Crippen molar-refractivity contribution in [3.05, 3.63) is 95.1 Å². The SMILES string of the molecule is C=C(CO)C(=O)OCCc1ccc(-c2ccc(-c3ccc(CCCCC(F)(F)F)cc3)c(CC)c2)cc1CCOC(=O)C(C)CO. The van der Waals surface area contributed by atoms with Gasteiger partial charge in [0.1, 0.15) is 0 Å². The summed E-state index contributed by atoms with van der Waals surface area (Å²) in [4.78, 5) is 24.0. The summed E-state index contributed by atoms with van der Waals surface area (Å²) in [7, 11) is 0.